The van der Waals surface area contributed by atoms with E-state index in [1.54, 1.807) is 24.3 Å². The van der Waals surface area contributed by atoms with E-state index < -0.39 is 17.3 Å². The number of nitrogens with one attached hydrogen (secondary N) is 1. The first-order chi connectivity index (χ1) is 7.55. The fraction of sp³-hybridized carbons (Fsp3) is 0.417. The topological polar surface area (TPSA) is 29.1 Å². The van der Waals surface area contributed by atoms with Gasteiger partial charge in [-0.25, -0.2) is 8.78 Å². The Hall–Kier alpha value is -1.45. The van der Waals surface area contributed by atoms with Gasteiger partial charge in [0.15, 0.2) is 0 Å². The van der Waals surface area contributed by atoms with Crippen molar-refractivity contribution in [2.45, 2.75) is 18.8 Å². The van der Waals surface area contributed by atoms with E-state index in [2.05, 4.69) is 5.32 Å². The molecule has 0 heterocycles. The number of carbonyl (C=O) groups is 1. The molecule has 84 valence electrons. The predicted octanol–water partition coefficient (Wildman–Crippen LogP) is 2.67. The summed E-state index contributed by atoms with van der Waals surface area (Å²) in [5, 5.41) is 2.66. The van der Waals surface area contributed by atoms with E-state index in [9.17, 15) is 13.6 Å². The van der Waals surface area contributed by atoms with Gasteiger partial charge in [0.25, 0.3) is 5.92 Å². The molecule has 1 aromatic rings. The second-order valence-corrected chi connectivity index (χ2v) is 4.65. The first kappa shape index (κ1) is 9.75. The molecule has 4 heteroatoms. The lowest BCUT2D eigenvalue weighted by molar-refractivity contribution is -0.118. The zero-order chi connectivity index (χ0) is 11.4. The van der Waals surface area contributed by atoms with Gasteiger partial charge in [-0.3, -0.25) is 4.79 Å². The maximum absolute atomic E-state index is 12.9. The molecule has 0 saturated heterocycles. The molecule has 0 aromatic heterocycles. The van der Waals surface area contributed by atoms with E-state index in [4.69, 9.17) is 0 Å². The van der Waals surface area contributed by atoms with Gasteiger partial charge >= 0.3 is 0 Å². The number of hydrogen-bond acceptors (Lipinski definition) is 1. The van der Waals surface area contributed by atoms with Crippen molar-refractivity contribution in [2.75, 3.05) is 5.32 Å². The van der Waals surface area contributed by atoms with Crippen molar-refractivity contribution in [1.29, 1.82) is 0 Å². The van der Waals surface area contributed by atoms with Crippen LogP contribution in [-0.4, -0.2) is 11.8 Å². The van der Waals surface area contributed by atoms with Gasteiger partial charge in [0.05, 0.1) is 11.3 Å². The Kier molecular flexibility index (Phi) is 1.71. The molecule has 3 rings (SSSR count). The van der Waals surface area contributed by atoms with Crippen molar-refractivity contribution in [1.82, 2.24) is 0 Å². The van der Waals surface area contributed by atoms with Crippen molar-refractivity contribution in [3.05, 3.63) is 30.3 Å². The highest BCUT2D eigenvalue weighted by molar-refractivity contribution is 5.95. The third-order valence-corrected chi connectivity index (χ3v) is 3.57. The van der Waals surface area contributed by atoms with Crippen LogP contribution in [0.5, 0.6) is 0 Å². The molecule has 2 aliphatic carbocycles. The quantitative estimate of drug-likeness (QED) is 0.820. The van der Waals surface area contributed by atoms with Crippen LogP contribution >= 0.6 is 0 Å². The van der Waals surface area contributed by atoms with Crippen LogP contribution < -0.4 is 5.32 Å². The van der Waals surface area contributed by atoms with Crippen LogP contribution in [0.3, 0.4) is 0 Å². The molecule has 0 radical (unpaired) electrons. The number of para-hydroxylation sites is 1. The minimum absolute atomic E-state index is 0.118. The van der Waals surface area contributed by atoms with Crippen LogP contribution in [0.2, 0.25) is 0 Å². The van der Waals surface area contributed by atoms with Crippen molar-refractivity contribution in [2.24, 2.45) is 11.3 Å². The van der Waals surface area contributed by atoms with E-state index in [0.29, 0.717) is 12.1 Å². The summed E-state index contributed by atoms with van der Waals surface area (Å²) < 4.78 is 25.9. The van der Waals surface area contributed by atoms with Gasteiger partial charge in [-0.05, 0) is 18.6 Å². The molecular weight excluding hydrogens is 212 g/mol. The summed E-state index contributed by atoms with van der Waals surface area (Å²) in [6.45, 7) is 0. The Bertz CT molecular complexity index is 446. The summed E-state index contributed by atoms with van der Waals surface area (Å²) in [7, 11) is 0. The second kappa shape index (κ2) is 2.81. The standard InChI is InChI=1S/C12H11F2NO/c13-12(14)7-11(12)6-9(11)10(16)15-8-4-2-1-3-5-8/h1-5,9H,6-7H2,(H,15,16). The summed E-state index contributed by atoms with van der Waals surface area (Å²) in [4.78, 5) is 11.7. The SMILES string of the molecule is O=C(Nc1ccccc1)C1CC12CC2(F)F. The highest BCUT2D eigenvalue weighted by Gasteiger charge is 2.85. The molecule has 16 heavy (non-hydrogen) atoms. The summed E-state index contributed by atoms with van der Waals surface area (Å²) in [5.74, 6) is -3.38. The fourth-order valence-corrected chi connectivity index (χ4v) is 2.35. The van der Waals surface area contributed by atoms with Crippen molar-refractivity contribution in [3.63, 3.8) is 0 Å². The highest BCUT2D eigenvalue weighted by Crippen LogP contribution is 2.79. The van der Waals surface area contributed by atoms with Crippen LogP contribution in [0.25, 0.3) is 0 Å². The summed E-state index contributed by atoms with van der Waals surface area (Å²) in [6.07, 6.45) is 0.214. The van der Waals surface area contributed by atoms with Gasteiger partial charge in [0.1, 0.15) is 0 Å². The first-order valence-electron chi connectivity index (χ1n) is 5.29. The van der Waals surface area contributed by atoms with Crippen LogP contribution in [0.15, 0.2) is 30.3 Å². The summed E-state index contributed by atoms with van der Waals surface area (Å²) in [5.41, 5.74) is -0.315. The largest absolute Gasteiger partial charge is 0.326 e. The molecular formula is C12H11F2NO. The van der Waals surface area contributed by atoms with Gasteiger partial charge in [0.2, 0.25) is 5.91 Å². The van der Waals surface area contributed by atoms with Gasteiger partial charge in [0, 0.05) is 12.1 Å². The maximum Gasteiger partial charge on any atom is 0.255 e. The van der Waals surface area contributed by atoms with Gasteiger partial charge < -0.3 is 5.32 Å². The lowest BCUT2D eigenvalue weighted by Crippen LogP contribution is -2.16. The molecule has 2 aliphatic rings. The van der Waals surface area contributed by atoms with Gasteiger partial charge in [-0.15, -0.1) is 0 Å². The molecule has 1 amide bonds. The number of rotatable bonds is 2. The number of halogens is 2. The zero-order valence-corrected chi connectivity index (χ0v) is 8.54. The lowest BCUT2D eigenvalue weighted by Gasteiger charge is -2.03. The number of amides is 1. The smallest absolute Gasteiger partial charge is 0.255 e. The maximum atomic E-state index is 12.9. The third-order valence-electron chi connectivity index (χ3n) is 3.57. The molecule has 2 nitrogen and oxygen atoms in total. The van der Waals surface area contributed by atoms with E-state index >= 15 is 0 Å². The van der Waals surface area contributed by atoms with E-state index in [1.165, 1.54) is 0 Å². The van der Waals surface area contributed by atoms with Crippen LogP contribution in [0.1, 0.15) is 12.8 Å². The molecule has 1 aromatic carbocycles. The predicted molar refractivity (Wildman–Crippen MR) is 55.2 cm³/mol. The van der Waals surface area contributed by atoms with Gasteiger partial charge in [-0.2, -0.15) is 0 Å². The molecule has 0 aliphatic heterocycles. The highest BCUT2D eigenvalue weighted by atomic mass is 19.3. The Balaban J connectivity index is 1.65. The van der Waals surface area contributed by atoms with Crippen LogP contribution in [0.4, 0.5) is 14.5 Å². The average Bonchev–Trinajstić information content (AvgIpc) is 3.07. The Morgan fingerprint density at radius 3 is 2.44 bits per heavy atom. The van der Waals surface area contributed by atoms with E-state index in [0.717, 1.165) is 0 Å². The molecule has 1 spiro atoms. The number of carbonyl (C=O) groups excluding carboxylic acids is 1. The minimum atomic E-state index is -2.61. The molecule has 2 atom stereocenters. The third kappa shape index (κ3) is 1.25. The first-order valence-corrected chi connectivity index (χ1v) is 5.29. The Morgan fingerprint density at radius 1 is 1.31 bits per heavy atom. The van der Waals surface area contributed by atoms with Crippen molar-refractivity contribution in [3.8, 4) is 0 Å². The molecule has 1 N–H and O–H groups in total. The Labute approximate surface area is 91.7 Å². The normalized spacial score (nSPS) is 33.5. The van der Waals surface area contributed by atoms with Crippen LogP contribution in [-0.2, 0) is 4.79 Å². The number of hydrogen-bond donors (Lipinski definition) is 1. The Morgan fingerprint density at radius 2 is 1.94 bits per heavy atom. The van der Waals surface area contributed by atoms with Crippen molar-refractivity contribution < 1.29 is 13.6 Å². The molecule has 2 saturated carbocycles. The summed E-state index contributed by atoms with van der Waals surface area (Å²) >= 11 is 0. The zero-order valence-electron chi connectivity index (χ0n) is 8.54. The lowest BCUT2D eigenvalue weighted by atomic mass is 10.2. The number of anilines is 1. The number of alkyl halides is 2. The fourth-order valence-electron chi connectivity index (χ4n) is 2.35. The van der Waals surface area contributed by atoms with E-state index in [1.807, 2.05) is 6.07 Å². The van der Waals surface area contributed by atoms with Crippen molar-refractivity contribution >= 4 is 11.6 Å². The monoisotopic (exact) mass is 223 g/mol. The second-order valence-electron chi connectivity index (χ2n) is 4.65. The number of benzene rings is 1. The molecule has 0 bridgehead atoms. The average molecular weight is 223 g/mol. The van der Waals surface area contributed by atoms with Crippen LogP contribution in [0, 0.1) is 11.3 Å². The minimum Gasteiger partial charge on any atom is -0.326 e. The molecule has 2 fully saturated rings. The summed E-state index contributed by atoms with van der Waals surface area (Å²) in [6, 6.07) is 8.92. The molecule has 2 unspecified atom stereocenters. The van der Waals surface area contributed by atoms with Gasteiger partial charge in [-0.1, -0.05) is 18.2 Å². The van der Waals surface area contributed by atoms with E-state index in [-0.39, 0.29) is 12.3 Å².